The molecule has 7 heteroatoms. The van der Waals surface area contributed by atoms with Crippen molar-refractivity contribution < 1.29 is 18.7 Å². The van der Waals surface area contributed by atoms with Gasteiger partial charge in [-0.1, -0.05) is 23.7 Å². The Hall–Kier alpha value is -2.60. The fourth-order valence-corrected chi connectivity index (χ4v) is 2.92. The van der Waals surface area contributed by atoms with Crippen LogP contribution in [0.2, 0.25) is 5.02 Å². The summed E-state index contributed by atoms with van der Waals surface area (Å²) in [7, 11) is 1.54. The van der Waals surface area contributed by atoms with Gasteiger partial charge in [0.15, 0.2) is 5.82 Å². The molecule has 1 aliphatic heterocycles. The van der Waals surface area contributed by atoms with Crippen LogP contribution in [0.1, 0.15) is 6.42 Å². The summed E-state index contributed by atoms with van der Waals surface area (Å²) in [5.74, 6) is -1.22. The standard InChI is InChI=1S/C18H16ClFN2O3/c1-25-13-5-2-4-12(9-13)22-10-11(8-16(22)23)18(24)21-15-7-3-6-14(19)17(15)20/h2-7,9,11H,8,10H2,1H3,(H,21,24)/t11-/m1/s1. The molecule has 0 aromatic heterocycles. The second kappa shape index (κ2) is 7.11. The molecule has 1 atom stereocenters. The summed E-state index contributed by atoms with van der Waals surface area (Å²) < 4.78 is 19.1. The molecule has 0 unspecified atom stereocenters. The summed E-state index contributed by atoms with van der Waals surface area (Å²) in [4.78, 5) is 26.2. The molecule has 1 N–H and O–H groups in total. The number of amides is 2. The number of carbonyl (C=O) groups is 2. The van der Waals surface area contributed by atoms with Crippen molar-refractivity contribution in [2.24, 2.45) is 5.92 Å². The van der Waals surface area contributed by atoms with E-state index in [9.17, 15) is 14.0 Å². The molecule has 3 rings (SSSR count). The Morgan fingerprint density at radius 1 is 1.32 bits per heavy atom. The van der Waals surface area contributed by atoms with Crippen molar-refractivity contribution in [3.05, 3.63) is 53.3 Å². The highest BCUT2D eigenvalue weighted by Crippen LogP contribution is 2.29. The summed E-state index contributed by atoms with van der Waals surface area (Å²) in [6.07, 6.45) is 0.0607. The van der Waals surface area contributed by atoms with Gasteiger partial charge < -0.3 is 15.0 Å². The lowest BCUT2D eigenvalue weighted by Crippen LogP contribution is -2.28. The van der Waals surface area contributed by atoms with Gasteiger partial charge >= 0.3 is 0 Å². The van der Waals surface area contributed by atoms with E-state index in [0.29, 0.717) is 11.4 Å². The molecule has 0 aliphatic carbocycles. The monoisotopic (exact) mass is 362 g/mol. The first-order chi connectivity index (χ1) is 12.0. The summed E-state index contributed by atoms with van der Waals surface area (Å²) in [6, 6.07) is 11.4. The zero-order valence-electron chi connectivity index (χ0n) is 13.5. The molecular formula is C18H16ClFN2O3. The van der Waals surface area contributed by atoms with E-state index in [-0.39, 0.29) is 29.6 Å². The quantitative estimate of drug-likeness (QED) is 0.905. The third-order valence-corrected chi connectivity index (χ3v) is 4.36. The lowest BCUT2D eigenvalue weighted by molar-refractivity contribution is -0.122. The second-order valence-electron chi connectivity index (χ2n) is 5.70. The van der Waals surface area contributed by atoms with E-state index in [1.54, 1.807) is 37.4 Å². The minimum absolute atomic E-state index is 0.00443. The van der Waals surface area contributed by atoms with Crippen molar-refractivity contribution in [3.8, 4) is 5.75 Å². The van der Waals surface area contributed by atoms with Gasteiger partial charge in [0.25, 0.3) is 0 Å². The van der Waals surface area contributed by atoms with Crippen LogP contribution >= 0.6 is 11.6 Å². The third-order valence-electron chi connectivity index (χ3n) is 4.07. The van der Waals surface area contributed by atoms with Crippen molar-refractivity contribution in [1.29, 1.82) is 0 Å². The second-order valence-corrected chi connectivity index (χ2v) is 6.10. The number of methoxy groups -OCH3 is 1. The minimum atomic E-state index is -0.688. The number of nitrogens with zero attached hydrogens (tertiary/aromatic N) is 1. The smallest absolute Gasteiger partial charge is 0.229 e. The topological polar surface area (TPSA) is 58.6 Å². The molecule has 1 saturated heterocycles. The lowest BCUT2D eigenvalue weighted by Gasteiger charge is -2.17. The Morgan fingerprint density at radius 2 is 2.08 bits per heavy atom. The summed E-state index contributed by atoms with van der Waals surface area (Å²) in [6.45, 7) is 0.222. The first-order valence-corrected chi connectivity index (χ1v) is 8.06. The molecule has 0 spiro atoms. The van der Waals surface area contributed by atoms with Gasteiger partial charge in [-0.05, 0) is 24.3 Å². The zero-order chi connectivity index (χ0) is 18.0. The van der Waals surface area contributed by atoms with Gasteiger partial charge in [-0.2, -0.15) is 0 Å². The molecule has 130 valence electrons. The third kappa shape index (κ3) is 3.58. The van der Waals surface area contributed by atoms with Crippen molar-refractivity contribution in [2.75, 3.05) is 23.9 Å². The van der Waals surface area contributed by atoms with E-state index >= 15 is 0 Å². The Labute approximate surface area is 149 Å². The van der Waals surface area contributed by atoms with Gasteiger partial charge in [0, 0.05) is 24.7 Å². The Kier molecular flexibility index (Phi) is 4.90. The number of hydrogen-bond acceptors (Lipinski definition) is 3. The number of carbonyl (C=O) groups excluding carboxylic acids is 2. The molecule has 2 amide bonds. The van der Waals surface area contributed by atoms with Gasteiger partial charge in [0.1, 0.15) is 5.75 Å². The predicted octanol–water partition coefficient (Wildman–Crippen LogP) is 3.48. The number of rotatable bonds is 4. The molecule has 25 heavy (non-hydrogen) atoms. The van der Waals surface area contributed by atoms with Crippen LogP contribution in [0, 0.1) is 11.7 Å². The maximum absolute atomic E-state index is 13.9. The van der Waals surface area contributed by atoms with Crippen LogP contribution in [0.4, 0.5) is 15.8 Å². The maximum atomic E-state index is 13.9. The molecule has 1 heterocycles. The van der Waals surface area contributed by atoms with Crippen molar-refractivity contribution >= 4 is 34.8 Å². The van der Waals surface area contributed by atoms with E-state index in [0.717, 1.165) is 0 Å². The summed E-state index contributed by atoms with van der Waals surface area (Å²) in [5, 5.41) is 2.44. The van der Waals surface area contributed by atoms with Gasteiger partial charge in [0.2, 0.25) is 11.8 Å². The number of benzene rings is 2. The fraction of sp³-hybridized carbons (Fsp3) is 0.222. The van der Waals surface area contributed by atoms with Gasteiger partial charge in [-0.25, -0.2) is 4.39 Å². The molecule has 0 bridgehead atoms. The molecule has 1 aliphatic rings. The van der Waals surface area contributed by atoms with E-state index in [1.165, 1.54) is 17.0 Å². The molecule has 5 nitrogen and oxygen atoms in total. The average Bonchev–Trinajstić information content (AvgIpc) is 3.01. The van der Waals surface area contributed by atoms with E-state index in [1.807, 2.05) is 0 Å². The SMILES string of the molecule is COc1cccc(N2C[C@H](C(=O)Nc3cccc(Cl)c3F)CC2=O)c1. The highest BCUT2D eigenvalue weighted by molar-refractivity contribution is 6.31. The van der Waals surface area contributed by atoms with Crippen molar-refractivity contribution in [3.63, 3.8) is 0 Å². The van der Waals surface area contributed by atoms with Crippen LogP contribution in [-0.4, -0.2) is 25.5 Å². The number of halogens is 2. The Bertz CT molecular complexity index is 828. The minimum Gasteiger partial charge on any atom is -0.497 e. The normalized spacial score (nSPS) is 16.8. The Morgan fingerprint density at radius 3 is 2.84 bits per heavy atom. The number of hydrogen-bond donors (Lipinski definition) is 1. The largest absolute Gasteiger partial charge is 0.497 e. The van der Waals surface area contributed by atoms with Crippen molar-refractivity contribution in [2.45, 2.75) is 6.42 Å². The molecule has 1 fully saturated rings. The predicted molar refractivity (Wildman–Crippen MR) is 93.5 cm³/mol. The van der Waals surface area contributed by atoms with Crippen LogP contribution in [0.3, 0.4) is 0 Å². The number of nitrogens with one attached hydrogen (secondary N) is 1. The summed E-state index contributed by atoms with van der Waals surface area (Å²) in [5.41, 5.74) is 0.665. The molecule has 0 saturated carbocycles. The molecule has 2 aromatic carbocycles. The van der Waals surface area contributed by atoms with Gasteiger partial charge in [-0.3, -0.25) is 9.59 Å². The highest BCUT2D eigenvalue weighted by atomic mass is 35.5. The first kappa shape index (κ1) is 17.2. The average molecular weight is 363 g/mol. The molecular weight excluding hydrogens is 347 g/mol. The van der Waals surface area contributed by atoms with Crippen LogP contribution in [0.15, 0.2) is 42.5 Å². The van der Waals surface area contributed by atoms with Crippen LogP contribution in [0.25, 0.3) is 0 Å². The number of anilines is 2. The lowest BCUT2D eigenvalue weighted by atomic mass is 10.1. The van der Waals surface area contributed by atoms with Crippen LogP contribution < -0.4 is 15.0 Å². The molecule has 2 aromatic rings. The maximum Gasteiger partial charge on any atom is 0.229 e. The fourth-order valence-electron chi connectivity index (χ4n) is 2.75. The van der Waals surface area contributed by atoms with E-state index in [2.05, 4.69) is 5.32 Å². The van der Waals surface area contributed by atoms with Crippen molar-refractivity contribution in [1.82, 2.24) is 0 Å². The van der Waals surface area contributed by atoms with E-state index in [4.69, 9.17) is 16.3 Å². The summed E-state index contributed by atoms with van der Waals surface area (Å²) >= 11 is 5.71. The van der Waals surface area contributed by atoms with Gasteiger partial charge in [0.05, 0.1) is 23.7 Å². The number of ether oxygens (including phenoxy) is 1. The molecule has 0 radical (unpaired) electrons. The van der Waals surface area contributed by atoms with Gasteiger partial charge in [-0.15, -0.1) is 0 Å². The zero-order valence-corrected chi connectivity index (χ0v) is 14.2. The van der Waals surface area contributed by atoms with Crippen LogP contribution in [0.5, 0.6) is 5.75 Å². The van der Waals surface area contributed by atoms with Crippen LogP contribution in [-0.2, 0) is 9.59 Å². The van der Waals surface area contributed by atoms with E-state index < -0.39 is 17.6 Å². The Balaban J connectivity index is 1.73. The highest BCUT2D eigenvalue weighted by Gasteiger charge is 2.35. The first-order valence-electron chi connectivity index (χ1n) is 7.69.